The van der Waals surface area contributed by atoms with Crippen LogP contribution in [0.25, 0.3) is 0 Å². The molecule has 1 unspecified atom stereocenters. The van der Waals surface area contributed by atoms with Crippen LogP contribution in [-0.4, -0.2) is 17.9 Å². The van der Waals surface area contributed by atoms with Crippen molar-refractivity contribution in [2.75, 3.05) is 7.11 Å². The Labute approximate surface area is 153 Å². The summed E-state index contributed by atoms with van der Waals surface area (Å²) in [6.07, 6.45) is 0. The molecular formula is C17H18BrN3O4. The molecule has 7 nitrogen and oxygen atoms in total. The van der Waals surface area contributed by atoms with Gasteiger partial charge in [0.15, 0.2) is 0 Å². The van der Waals surface area contributed by atoms with Crippen molar-refractivity contribution < 1.29 is 14.5 Å². The van der Waals surface area contributed by atoms with E-state index < -0.39 is 10.8 Å². The van der Waals surface area contributed by atoms with Gasteiger partial charge in [-0.2, -0.15) is 0 Å². The van der Waals surface area contributed by atoms with Crippen LogP contribution in [0.1, 0.15) is 34.5 Å². The monoisotopic (exact) mass is 407 g/mol. The minimum Gasteiger partial charge on any atom is -0.496 e. The average molecular weight is 408 g/mol. The van der Waals surface area contributed by atoms with Gasteiger partial charge in [-0.3, -0.25) is 14.9 Å². The minimum atomic E-state index is -0.695. The fourth-order valence-electron chi connectivity index (χ4n) is 2.37. The van der Waals surface area contributed by atoms with Gasteiger partial charge in [0.2, 0.25) is 5.91 Å². The molecule has 0 spiro atoms. The average Bonchev–Trinajstić information content (AvgIpc) is 2.59. The predicted molar refractivity (Wildman–Crippen MR) is 97.6 cm³/mol. The normalized spacial score (nSPS) is 11.8. The Bertz CT molecular complexity index is 810. The van der Waals surface area contributed by atoms with Crippen LogP contribution in [0.15, 0.2) is 40.9 Å². The van der Waals surface area contributed by atoms with Gasteiger partial charge >= 0.3 is 0 Å². The molecule has 2 rings (SSSR count). The van der Waals surface area contributed by atoms with Gasteiger partial charge in [-0.15, -0.1) is 0 Å². The second-order valence-electron chi connectivity index (χ2n) is 5.46. The van der Waals surface area contributed by atoms with E-state index in [0.717, 1.165) is 15.8 Å². The van der Waals surface area contributed by atoms with E-state index in [-0.39, 0.29) is 23.8 Å². The summed E-state index contributed by atoms with van der Waals surface area (Å²) >= 11 is 3.44. The highest BCUT2D eigenvalue weighted by molar-refractivity contribution is 9.10. The van der Waals surface area contributed by atoms with Crippen LogP contribution in [0.4, 0.5) is 5.69 Å². The number of primary amides is 1. The molecule has 2 aromatic carbocycles. The molecule has 3 N–H and O–H groups in total. The lowest BCUT2D eigenvalue weighted by atomic mass is 10.1. The van der Waals surface area contributed by atoms with Crippen molar-refractivity contribution in [2.45, 2.75) is 19.5 Å². The quantitative estimate of drug-likeness (QED) is 0.540. The first-order valence-electron chi connectivity index (χ1n) is 7.47. The van der Waals surface area contributed by atoms with Crippen LogP contribution in [0.3, 0.4) is 0 Å². The van der Waals surface area contributed by atoms with Crippen LogP contribution < -0.4 is 15.8 Å². The van der Waals surface area contributed by atoms with Crippen LogP contribution in [0.5, 0.6) is 5.75 Å². The van der Waals surface area contributed by atoms with Crippen molar-refractivity contribution in [3.63, 3.8) is 0 Å². The lowest BCUT2D eigenvalue weighted by molar-refractivity contribution is -0.385. The summed E-state index contributed by atoms with van der Waals surface area (Å²) in [7, 11) is 1.59. The van der Waals surface area contributed by atoms with Crippen LogP contribution in [0, 0.1) is 10.1 Å². The Morgan fingerprint density at radius 3 is 2.64 bits per heavy atom. The molecule has 25 heavy (non-hydrogen) atoms. The number of nitro groups is 1. The number of rotatable bonds is 7. The number of methoxy groups -OCH3 is 1. The Kier molecular flexibility index (Phi) is 6.11. The second kappa shape index (κ2) is 8.09. The highest BCUT2D eigenvalue weighted by Gasteiger charge is 2.17. The Morgan fingerprint density at radius 1 is 1.36 bits per heavy atom. The Hall–Kier alpha value is -2.45. The van der Waals surface area contributed by atoms with Gasteiger partial charge in [-0.25, -0.2) is 0 Å². The van der Waals surface area contributed by atoms with Crippen molar-refractivity contribution >= 4 is 27.5 Å². The SMILES string of the molecule is COc1ccc(C(C)NCc2ccc(C(N)=O)cc2[N+](=O)[O-])cc1Br. The van der Waals surface area contributed by atoms with Gasteiger partial charge in [-0.05, 0) is 46.6 Å². The summed E-state index contributed by atoms with van der Waals surface area (Å²) in [4.78, 5) is 21.9. The highest BCUT2D eigenvalue weighted by atomic mass is 79.9. The molecule has 0 aliphatic rings. The molecule has 0 saturated heterocycles. The predicted octanol–water partition coefficient (Wildman–Crippen LogP) is 3.32. The molecule has 0 aromatic heterocycles. The lowest BCUT2D eigenvalue weighted by Gasteiger charge is -2.16. The molecule has 1 amide bonds. The van der Waals surface area contributed by atoms with Gasteiger partial charge in [0.1, 0.15) is 5.75 Å². The summed E-state index contributed by atoms with van der Waals surface area (Å²) in [6.45, 7) is 2.23. The van der Waals surface area contributed by atoms with Crippen LogP contribution in [-0.2, 0) is 6.54 Å². The maximum absolute atomic E-state index is 11.2. The molecule has 1 atom stereocenters. The number of carbonyl (C=O) groups is 1. The fraction of sp³-hybridized carbons (Fsp3) is 0.235. The maximum Gasteiger partial charge on any atom is 0.274 e. The van der Waals surface area contributed by atoms with E-state index in [0.29, 0.717) is 5.56 Å². The maximum atomic E-state index is 11.2. The first kappa shape index (κ1) is 18.9. The number of nitro benzene ring substituents is 1. The van der Waals surface area contributed by atoms with Crippen molar-refractivity contribution in [3.05, 3.63) is 67.7 Å². The van der Waals surface area contributed by atoms with E-state index in [1.54, 1.807) is 13.2 Å². The number of hydrogen-bond acceptors (Lipinski definition) is 5. The molecule has 0 bridgehead atoms. The summed E-state index contributed by atoms with van der Waals surface area (Å²) in [6, 6.07) is 9.89. The molecule has 0 radical (unpaired) electrons. The molecule has 0 aliphatic carbocycles. The van der Waals surface area contributed by atoms with E-state index in [9.17, 15) is 14.9 Å². The molecule has 0 aliphatic heterocycles. The lowest BCUT2D eigenvalue weighted by Crippen LogP contribution is -2.19. The molecule has 2 aromatic rings. The zero-order valence-electron chi connectivity index (χ0n) is 13.8. The Balaban J connectivity index is 2.16. The molecule has 8 heteroatoms. The number of benzene rings is 2. The zero-order valence-corrected chi connectivity index (χ0v) is 15.4. The number of halogens is 1. The molecule has 0 heterocycles. The van der Waals surface area contributed by atoms with Gasteiger partial charge in [0.05, 0.1) is 16.5 Å². The second-order valence-corrected chi connectivity index (χ2v) is 6.32. The number of ether oxygens (including phenoxy) is 1. The first-order chi connectivity index (χ1) is 11.8. The van der Waals surface area contributed by atoms with Gasteiger partial charge in [0, 0.05) is 29.8 Å². The van der Waals surface area contributed by atoms with Crippen LogP contribution in [0.2, 0.25) is 0 Å². The van der Waals surface area contributed by atoms with Gasteiger partial charge in [-0.1, -0.05) is 12.1 Å². The van der Waals surface area contributed by atoms with Crippen molar-refractivity contribution in [1.29, 1.82) is 0 Å². The van der Waals surface area contributed by atoms with E-state index in [1.165, 1.54) is 12.1 Å². The molecule has 0 fully saturated rings. The van der Waals surface area contributed by atoms with Crippen molar-refractivity contribution in [1.82, 2.24) is 5.32 Å². The Morgan fingerprint density at radius 2 is 2.08 bits per heavy atom. The standard InChI is InChI=1S/C17H18BrN3O4/c1-10(11-5-6-16(25-2)14(18)7-11)20-9-13-4-3-12(17(19)22)8-15(13)21(23)24/h3-8,10,20H,9H2,1-2H3,(H2,19,22). The van der Waals surface area contributed by atoms with Crippen molar-refractivity contribution in [2.24, 2.45) is 5.73 Å². The van der Waals surface area contributed by atoms with Gasteiger partial charge in [0.25, 0.3) is 5.69 Å². The summed E-state index contributed by atoms with van der Waals surface area (Å²) in [5.74, 6) is 0.0349. The topological polar surface area (TPSA) is 107 Å². The van der Waals surface area contributed by atoms with Gasteiger partial charge < -0.3 is 15.8 Å². The van der Waals surface area contributed by atoms with Crippen LogP contribution >= 0.6 is 15.9 Å². The summed E-state index contributed by atoms with van der Waals surface area (Å²) in [5, 5.41) is 14.5. The molecular weight excluding hydrogens is 390 g/mol. The molecule has 132 valence electrons. The fourth-order valence-corrected chi connectivity index (χ4v) is 2.93. The first-order valence-corrected chi connectivity index (χ1v) is 8.26. The summed E-state index contributed by atoms with van der Waals surface area (Å²) < 4.78 is 6.03. The highest BCUT2D eigenvalue weighted by Crippen LogP contribution is 2.28. The molecule has 0 saturated carbocycles. The number of nitrogens with two attached hydrogens (primary N) is 1. The van der Waals surface area contributed by atoms with E-state index >= 15 is 0 Å². The summed E-state index contributed by atoms with van der Waals surface area (Å²) in [5.41, 5.74) is 6.64. The largest absolute Gasteiger partial charge is 0.496 e. The van der Waals surface area contributed by atoms with E-state index in [4.69, 9.17) is 10.5 Å². The third-order valence-corrected chi connectivity index (χ3v) is 4.46. The third-order valence-electron chi connectivity index (χ3n) is 3.84. The smallest absolute Gasteiger partial charge is 0.274 e. The number of nitrogens with zero attached hydrogens (tertiary/aromatic N) is 1. The minimum absolute atomic E-state index is 0.0439. The van der Waals surface area contributed by atoms with E-state index in [2.05, 4.69) is 21.2 Å². The number of carbonyl (C=O) groups excluding carboxylic acids is 1. The van der Waals surface area contributed by atoms with Crippen molar-refractivity contribution in [3.8, 4) is 5.75 Å². The number of amides is 1. The third kappa shape index (κ3) is 4.55. The zero-order chi connectivity index (χ0) is 18.6. The number of hydrogen-bond donors (Lipinski definition) is 2. The number of nitrogens with one attached hydrogen (secondary N) is 1. The van der Waals surface area contributed by atoms with E-state index in [1.807, 2.05) is 25.1 Å².